The molecule has 0 aliphatic heterocycles. The van der Waals surface area contributed by atoms with E-state index < -0.39 is 46.8 Å². The summed E-state index contributed by atoms with van der Waals surface area (Å²) in [6, 6.07) is 56.6. The molecule has 0 saturated heterocycles. The monoisotopic (exact) mass is 1370 g/mol. The van der Waals surface area contributed by atoms with E-state index in [0.717, 1.165) is 110 Å². The zero-order valence-corrected chi connectivity index (χ0v) is 65.7. The first kappa shape index (κ1) is 75.4. The molecule has 10 nitrogen and oxygen atoms in total. The molecule has 0 aromatic heterocycles. The number of fused-ring (bicyclic) bond motifs is 3. The molecule has 95 heavy (non-hydrogen) atoms. The Morgan fingerprint density at radius 3 is 1.36 bits per heavy atom. The molecule has 0 radical (unpaired) electrons. The number of aryl methyl sites for hydroxylation is 4. The number of hydrogen-bond acceptors (Lipinski definition) is 10. The third-order valence-corrected chi connectivity index (χ3v) is 37.1. The van der Waals surface area contributed by atoms with E-state index in [1.807, 2.05) is 12.1 Å². The molecule has 7 aromatic rings. The Bertz CT molecular complexity index is 3580. The Hall–Kier alpha value is -5.42. The van der Waals surface area contributed by atoms with Gasteiger partial charge in [-0.2, -0.15) is 0 Å². The third kappa shape index (κ3) is 18.9. The maximum absolute atomic E-state index is 11.8. The number of phenolic OH excluding ortho intramolecular Hbond substituents is 2. The van der Waals surface area contributed by atoms with Gasteiger partial charge in [-0.1, -0.05) is 210 Å². The lowest BCUT2D eigenvalue weighted by Crippen LogP contribution is -2.51. The van der Waals surface area contributed by atoms with Crippen LogP contribution in [0.3, 0.4) is 0 Å². The Balaban J connectivity index is 0.974. The normalized spacial score (nSPS) is 14.2. The van der Waals surface area contributed by atoms with E-state index in [0.29, 0.717) is 37.7 Å². The molecule has 7 aromatic carbocycles. The Labute approximate surface area is 576 Å². The van der Waals surface area contributed by atoms with Crippen LogP contribution >= 0.6 is 0 Å². The van der Waals surface area contributed by atoms with Crippen LogP contribution < -0.4 is 19.8 Å². The molecule has 0 amide bonds. The predicted molar refractivity (Wildman–Crippen MR) is 407 cm³/mol. The number of aliphatic hydroxyl groups is 1. The fraction of sp³-hybridized carbons (Fsp3) is 0.475. The fourth-order valence-electron chi connectivity index (χ4n) is 14.6. The number of aromatic hydroxyl groups is 2. The number of rotatable bonds is 37. The van der Waals surface area contributed by atoms with Crippen LogP contribution in [0.25, 0.3) is 11.1 Å². The number of hydrogen-bond donors (Lipinski definition) is 3. The van der Waals surface area contributed by atoms with Gasteiger partial charge >= 0.3 is 8.56 Å². The molecular weight excluding hydrogens is 1260 g/mol. The van der Waals surface area contributed by atoms with Gasteiger partial charge in [-0.3, -0.25) is 0 Å². The van der Waals surface area contributed by atoms with Crippen LogP contribution in [0.2, 0.25) is 90.1 Å². The van der Waals surface area contributed by atoms with Crippen molar-refractivity contribution in [1.29, 1.82) is 0 Å². The number of phenols is 2. The molecule has 15 heteroatoms. The van der Waals surface area contributed by atoms with Gasteiger partial charge in [0.25, 0.3) is 0 Å². The molecule has 3 N–H and O–H groups in total. The minimum atomic E-state index is -2.30. The molecule has 8 rings (SSSR count). The van der Waals surface area contributed by atoms with Gasteiger partial charge < -0.3 is 47.2 Å². The van der Waals surface area contributed by atoms with Crippen molar-refractivity contribution in [3.05, 3.63) is 201 Å². The average Bonchev–Trinajstić information content (AvgIpc) is 1.56. The second-order valence-corrected chi connectivity index (χ2v) is 53.0. The van der Waals surface area contributed by atoms with Crippen molar-refractivity contribution in [3.8, 4) is 34.1 Å². The van der Waals surface area contributed by atoms with Crippen molar-refractivity contribution in [1.82, 2.24) is 0 Å². The maximum Gasteiger partial charge on any atom is 0.311 e. The van der Waals surface area contributed by atoms with Gasteiger partial charge in [-0.25, -0.2) is 0 Å². The van der Waals surface area contributed by atoms with Crippen LogP contribution in [0.15, 0.2) is 146 Å². The number of ether oxygens (including phenoxy) is 5. The highest BCUT2D eigenvalue weighted by Crippen LogP contribution is 2.57. The third-order valence-electron chi connectivity index (χ3n) is 19.9. The lowest BCUT2D eigenvalue weighted by atomic mass is 9.67. The molecule has 0 spiro atoms. The van der Waals surface area contributed by atoms with Crippen molar-refractivity contribution in [2.75, 3.05) is 47.8 Å². The summed E-state index contributed by atoms with van der Waals surface area (Å²) < 4.78 is 43.2. The van der Waals surface area contributed by atoms with Gasteiger partial charge in [-0.05, 0) is 188 Å². The van der Waals surface area contributed by atoms with Crippen molar-refractivity contribution >= 4 is 51.7 Å². The van der Waals surface area contributed by atoms with E-state index in [-0.39, 0.29) is 24.2 Å². The van der Waals surface area contributed by atoms with Crippen LogP contribution in [0, 0.1) is 0 Å². The highest BCUT2D eigenvalue weighted by Gasteiger charge is 2.47. The van der Waals surface area contributed by atoms with Crippen molar-refractivity contribution in [2.24, 2.45) is 0 Å². The molecule has 2 unspecified atom stereocenters. The summed E-state index contributed by atoms with van der Waals surface area (Å²) in [6.07, 6.45) is 8.54. The van der Waals surface area contributed by atoms with Crippen LogP contribution in [0.1, 0.15) is 115 Å². The van der Waals surface area contributed by atoms with Crippen LogP contribution in [0.5, 0.6) is 23.0 Å². The van der Waals surface area contributed by atoms with Crippen molar-refractivity contribution < 1.29 is 47.2 Å². The zero-order chi connectivity index (χ0) is 69.0. The zero-order valence-electron chi connectivity index (χ0n) is 60.7. The Kier molecular flexibility index (Phi) is 25.8. The van der Waals surface area contributed by atoms with Crippen molar-refractivity contribution in [3.63, 3.8) is 0 Å². The standard InChI is InChI=1S/C80H114O10Si5/c1-18-19-27-61-54-63(37-45-77(61)87-57-67(85-5)47-48-81)79(2,3)64-38-46-78(88-58-68(86-6)56-84-4)62(55-64)30-25-50-93(12,13)70-41-39-69(40-42-70)92(10,11)49-24-28-59-52-65(35-43-75(59)82)80(73-33-22-20-31-71(73)72-32-21-23-34-74(72)80)66-36-44-76(83)60(53-66)29-26-51-94(14,15)90-95(16,17)89-91(7,8)9/h20-23,31-46,52-55,67-68,81-83H,18-19,24-30,47-51,56-58H2,1-17H3. The summed E-state index contributed by atoms with van der Waals surface area (Å²) in [4.78, 5) is 0. The number of unbranched alkanes of at least 4 members (excludes halogenated alkanes) is 1. The average molecular weight is 1380 g/mol. The van der Waals surface area contributed by atoms with Gasteiger partial charge in [-0.15, -0.1) is 0 Å². The molecule has 0 fully saturated rings. The summed E-state index contributed by atoms with van der Waals surface area (Å²) in [5, 5.41) is 35.9. The number of methoxy groups -OCH3 is 3. The number of aliphatic hydroxyl groups excluding tert-OH is 1. The first-order valence-corrected chi connectivity index (χ1v) is 50.8. The molecule has 0 saturated carbocycles. The molecule has 0 heterocycles. The quantitative estimate of drug-likeness (QED) is 0.0324. The SMILES string of the molecule is CCCCc1cc(C(C)(C)c2ccc(OCC(COC)OC)c(CCC[Si](C)(C)c3ccc([Si](C)(C)CCCc4cc(C5(c6ccc(O)c(CCC[Si](C)(C)O[Si](C)(C)O[Si](C)(C)C)c6)c6ccccc6-c6ccccc65)ccc4O)cc3)c2)ccc1OCC(CCO)OC. The van der Waals surface area contributed by atoms with Gasteiger partial charge in [0.2, 0.25) is 0 Å². The first-order valence-electron chi connectivity index (χ1n) is 35.0. The molecule has 0 bridgehead atoms. The lowest BCUT2D eigenvalue weighted by molar-refractivity contribution is 0.000688. The van der Waals surface area contributed by atoms with E-state index in [2.05, 4.69) is 226 Å². The summed E-state index contributed by atoms with van der Waals surface area (Å²) in [5.74, 6) is 2.43. The fourth-order valence-corrected chi connectivity index (χ4v) is 32.7. The van der Waals surface area contributed by atoms with E-state index in [1.165, 1.54) is 54.9 Å². The van der Waals surface area contributed by atoms with Gasteiger partial charge in [0.15, 0.2) is 16.6 Å². The topological polar surface area (TPSA) is 125 Å². The second kappa shape index (κ2) is 32.5. The molecule has 514 valence electrons. The van der Waals surface area contributed by atoms with Gasteiger partial charge in [0.05, 0.1) is 34.3 Å². The maximum atomic E-state index is 11.8. The largest absolute Gasteiger partial charge is 0.508 e. The highest BCUT2D eigenvalue weighted by molar-refractivity contribution is 6.91. The lowest BCUT2D eigenvalue weighted by Gasteiger charge is -2.37. The Morgan fingerprint density at radius 1 is 0.474 bits per heavy atom. The van der Waals surface area contributed by atoms with Crippen molar-refractivity contribution in [2.45, 2.75) is 198 Å². The van der Waals surface area contributed by atoms with Crippen LogP contribution in [0.4, 0.5) is 0 Å². The van der Waals surface area contributed by atoms with E-state index in [1.54, 1.807) is 21.3 Å². The minimum absolute atomic E-state index is 0.0583. The first-order chi connectivity index (χ1) is 45.0. The van der Waals surface area contributed by atoms with Gasteiger partial charge in [0.1, 0.15) is 42.3 Å². The molecule has 2 atom stereocenters. The summed E-state index contributed by atoms with van der Waals surface area (Å²) in [6.45, 7) is 33.9. The van der Waals surface area contributed by atoms with E-state index in [9.17, 15) is 15.3 Å². The highest BCUT2D eigenvalue weighted by atomic mass is 28.5. The summed E-state index contributed by atoms with van der Waals surface area (Å²) >= 11 is 0. The summed E-state index contributed by atoms with van der Waals surface area (Å²) in [7, 11) is -4.84. The molecule has 1 aliphatic carbocycles. The predicted octanol–water partition coefficient (Wildman–Crippen LogP) is 17.7. The second-order valence-electron chi connectivity index (χ2n) is 30.6. The van der Waals surface area contributed by atoms with Gasteiger partial charge in [0, 0.05) is 33.4 Å². The minimum Gasteiger partial charge on any atom is -0.508 e. The molecule has 1 aliphatic rings. The smallest absolute Gasteiger partial charge is 0.311 e. The summed E-state index contributed by atoms with van der Waals surface area (Å²) in [5.41, 5.74) is 12.9. The molecular formula is C80H114O10Si5. The van der Waals surface area contributed by atoms with E-state index >= 15 is 0 Å². The van der Waals surface area contributed by atoms with Crippen LogP contribution in [-0.2, 0) is 59.0 Å². The van der Waals surface area contributed by atoms with Crippen LogP contribution in [-0.4, -0.2) is 117 Å². The number of benzene rings is 7. The van der Waals surface area contributed by atoms with E-state index in [4.69, 9.17) is 31.9 Å². The Morgan fingerprint density at radius 2 is 0.916 bits per heavy atom.